The summed E-state index contributed by atoms with van der Waals surface area (Å²) in [5.41, 5.74) is -1.64. The van der Waals surface area contributed by atoms with Crippen LogP contribution < -0.4 is 5.32 Å². The number of hydrogen-bond acceptors (Lipinski definition) is 5. The molecule has 0 aromatic carbocycles. The van der Waals surface area contributed by atoms with Crippen LogP contribution >= 0.6 is 8.46 Å². The Morgan fingerprint density at radius 3 is 2.42 bits per heavy atom. The third-order valence-electron chi connectivity index (χ3n) is 3.48. The van der Waals surface area contributed by atoms with E-state index in [1.165, 1.54) is 0 Å². The Morgan fingerprint density at radius 1 is 1.37 bits per heavy atom. The van der Waals surface area contributed by atoms with Crippen molar-refractivity contribution in [1.82, 2.24) is 5.32 Å². The Morgan fingerprint density at radius 2 is 2.00 bits per heavy atom. The summed E-state index contributed by atoms with van der Waals surface area (Å²) in [5, 5.41) is 3.34. The molecule has 0 aliphatic carbocycles. The minimum atomic E-state index is -1.64. The number of hydrogen-bond donors (Lipinski definition) is 1. The van der Waals surface area contributed by atoms with E-state index in [9.17, 15) is 9.36 Å². The molecule has 2 atom stereocenters. The molecule has 0 bridgehead atoms. The van der Waals surface area contributed by atoms with Gasteiger partial charge in [-0.05, 0) is 33.2 Å². The van der Waals surface area contributed by atoms with Crippen molar-refractivity contribution in [2.45, 2.75) is 51.6 Å². The Hall–Kier alpha value is -0.350. The van der Waals surface area contributed by atoms with Crippen LogP contribution in [0.1, 0.15) is 40.0 Å². The number of carbonyl (C=O) groups excluding carboxylic acids is 1. The van der Waals surface area contributed by atoms with Crippen LogP contribution in [-0.4, -0.2) is 37.1 Å². The van der Waals surface area contributed by atoms with Gasteiger partial charge in [0.2, 0.25) is 14.2 Å². The molecular weight excluding hydrogens is 265 g/mol. The maximum absolute atomic E-state index is 12.6. The summed E-state index contributed by atoms with van der Waals surface area (Å²) in [6.07, 6.45) is 3.21. The number of carbonyl (C=O) groups is 1. The molecule has 0 amide bonds. The van der Waals surface area contributed by atoms with Gasteiger partial charge in [-0.25, -0.2) is 0 Å². The van der Waals surface area contributed by atoms with Gasteiger partial charge in [0.15, 0.2) is 0 Å². The van der Waals surface area contributed by atoms with E-state index in [-0.39, 0.29) is 31.0 Å². The summed E-state index contributed by atoms with van der Waals surface area (Å²) in [7, 11) is -0.428. The van der Waals surface area contributed by atoms with Crippen LogP contribution in [0.25, 0.3) is 0 Å². The predicted octanol–water partition coefficient (Wildman–Crippen LogP) is 2.35. The Bertz CT molecular complexity index is 299. The third kappa shape index (κ3) is 4.06. The molecule has 6 heteroatoms. The zero-order chi connectivity index (χ0) is 14.3. The van der Waals surface area contributed by atoms with Crippen LogP contribution in [0.4, 0.5) is 0 Å². The lowest BCUT2D eigenvalue weighted by Gasteiger charge is -2.33. The lowest BCUT2D eigenvalue weighted by molar-refractivity contribution is -0.189. The number of rotatable bonds is 8. The van der Waals surface area contributed by atoms with Gasteiger partial charge in [-0.15, -0.1) is 0 Å². The molecule has 110 valence electrons. The first-order valence-corrected chi connectivity index (χ1v) is 7.82. The minimum Gasteiger partial charge on any atom is -0.335 e. The molecule has 0 spiro atoms. The van der Waals surface area contributed by atoms with E-state index in [1.807, 2.05) is 6.92 Å². The van der Waals surface area contributed by atoms with E-state index < -0.39 is 14.0 Å². The SMILES string of the molecule is CCOC(OCC)(P=O)C(=O)C(C)C1CCCCN1. The van der Waals surface area contributed by atoms with E-state index >= 15 is 0 Å². The van der Waals surface area contributed by atoms with E-state index in [0.29, 0.717) is 0 Å². The first kappa shape index (κ1) is 16.7. The second kappa shape index (κ2) is 8.05. The zero-order valence-corrected chi connectivity index (χ0v) is 12.9. The summed E-state index contributed by atoms with van der Waals surface area (Å²) >= 11 is 0. The third-order valence-corrected chi connectivity index (χ3v) is 4.20. The second-order valence-corrected chi connectivity index (χ2v) is 5.52. The zero-order valence-electron chi connectivity index (χ0n) is 12.0. The van der Waals surface area contributed by atoms with Crippen molar-refractivity contribution in [3.63, 3.8) is 0 Å². The highest BCUT2D eigenvalue weighted by atomic mass is 31.1. The maximum atomic E-state index is 12.6. The fourth-order valence-corrected chi connectivity index (χ4v) is 3.11. The summed E-state index contributed by atoms with van der Waals surface area (Å²) in [5.74, 6) is -0.521. The van der Waals surface area contributed by atoms with E-state index in [2.05, 4.69) is 5.32 Å². The van der Waals surface area contributed by atoms with Gasteiger partial charge in [0, 0.05) is 25.2 Å². The number of piperidine rings is 1. The lowest BCUT2D eigenvalue weighted by Crippen LogP contribution is -2.50. The van der Waals surface area contributed by atoms with Crippen molar-refractivity contribution in [3.05, 3.63) is 0 Å². The van der Waals surface area contributed by atoms with Crippen molar-refractivity contribution in [2.75, 3.05) is 19.8 Å². The number of ether oxygens (including phenoxy) is 2. The van der Waals surface area contributed by atoms with Crippen molar-refractivity contribution >= 4 is 14.2 Å². The second-order valence-electron chi connectivity index (χ2n) is 4.75. The van der Waals surface area contributed by atoms with Crippen molar-refractivity contribution in [1.29, 1.82) is 0 Å². The van der Waals surface area contributed by atoms with Crippen LogP contribution in [0.15, 0.2) is 0 Å². The molecule has 0 radical (unpaired) electrons. The molecule has 0 aromatic rings. The van der Waals surface area contributed by atoms with Crippen molar-refractivity contribution in [3.8, 4) is 0 Å². The fraction of sp³-hybridized carbons (Fsp3) is 0.923. The summed E-state index contributed by atoms with van der Waals surface area (Å²) in [4.78, 5) is 12.6. The van der Waals surface area contributed by atoms with Crippen molar-refractivity contribution < 1.29 is 18.8 Å². The molecular formula is C13H24NO4P. The molecule has 1 aliphatic rings. The Labute approximate surface area is 116 Å². The molecule has 0 aromatic heterocycles. The molecule has 1 N–H and O–H groups in total. The minimum absolute atomic E-state index is 0.114. The number of nitrogens with one attached hydrogen (secondary N) is 1. The highest BCUT2D eigenvalue weighted by Crippen LogP contribution is 2.32. The van der Waals surface area contributed by atoms with Gasteiger partial charge in [-0.3, -0.25) is 9.36 Å². The van der Waals surface area contributed by atoms with Crippen LogP contribution in [0.2, 0.25) is 0 Å². The van der Waals surface area contributed by atoms with Crippen molar-refractivity contribution in [2.24, 2.45) is 5.92 Å². The fourth-order valence-electron chi connectivity index (χ4n) is 2.45. The van der Waals surface area contributed by atoms with Gasteiger partial charge >= 0.3 is 5.53 Å². The monoisotopic (exact) mass is 289 g/mol. The predicted molar refractivity (Wildman–Crippen MR) is 73.4 cm³/mol. The first-order valence-electron chi connectivity index (χ1n) is 7.01. The summed E-state index contributed by atoms with van der Waals surface area (Å²) < 4.78 is 22.2. The van der Waals surface area contributed by atoms with Crippen LogP contribution in [0, 0.1) is 5.92 Å². The van der Waals surface area contributed by atoms with E-state index in [1.54, 1.807) is 13.8 Å². The molecule has 2 unspecified atom stereocenters. The molecule has 19 heavy (non-hydrogen) atoms. The van der Waals surface area contributed by atoms with Crippen LogP contribution in [-0.2, 0) is 18.8 Å². The lowest BCUT2D eigenvalue weighted by atomic mass is 9.90. The maximum Gasteiger partial charge on any atom is 0.312 e. The number of ketones is 1. The first-order chi connectivity index (χ1) is 9.11. The van der Waals surface area contributed by atoms with E-state index in [0.717, 1.165) is 25.8 Å². The average molecular weight is 289 g/mol. The van der Waals surface area contributed by atoms with E-state index in [4.69, 9.17) is 9.47 Å². The molecule has 1 aliphatic heterocycles. The van der Waals surface area contributed by atoms with Crippen LogP contribution in [0.5, 0.6) is 0 Å². The molecule has 1 fully saturated rings. The quantitative estimate of drug-likeness (QED) is 0.549. The normalized spacial score (nSPS) is 22.4. The van der Waals surface area contributed by atoms with Gasteiger partial charge in [0.05, 0.1) is 0 Å². The molecule has 5 nitrogen and oxygen atoms in total. The molecule has 1 heterocycles. The Kier molecular flexibility index (Phi) is 7.08. The summed E-state index contributed by atoms with van der Waals surface area (Å²) in [6, 6.07) is 0.114. The molecule has 1 rings (SSSR count). The van der Waals surface area contributed by atoms with Gasteiger partial charge in [-0.1, -0.05) is 13.3 Å². The Balaban J connectivity index is 2.81. The highest BCUT2D eigenvalue weighted by Gasteiger charge is 2.46. The van der Waals surface area contributed by atoms with Crippen LogP contribution in [0.3, 0.4) is 0 Å². The topological polar surface area (TPSA) is 64.6 Å². The highest BCUT2D eigenvalue weighted by molar-refractivity contribution is 7.27. The molecule has 0 saturated carbocycles. The summed E-state index contributed by atoms with van der Waals surface area (Å²) in [6.45, 7) is 6.86. The number of Topliss-reactive ketones (excluding diaryl/α,β-unsaturated/α-hetero) is 1. The smallest absolute Gasteiger partial charge is 0.312 e. The average Bonchev–Trinajstić information content (AvgIpc) is 2.46. The van der Waals surface area contributed by atoms with Gasteiger partial charge in [-0.2, -0.15) is 0 Å². The standard InChI is InChI=1S/C13H24NO4P/c1-4-17-13(19-16,18-5-2)12(15)10(3)11-8-6-7-9-14-11/h10-11,14H,4-9H2,1-3H3. The van der Waals surface area contributed by atoms with Gasteiger partial charge < -0.3 is 14.8 Å². The van der Waals surface area contributed by atoms with Gasteiger partial charge in [0.1, 0.15) is 0 Å². The largest absolute Gasteiger partial charge is 0.335 e. The van der Waals surface area contributed by atoms with Gasteiger partial charge in [0.25, 0.3) is 0 Å². The molecule has 1 saturated heterocycles.